The SMILES string of the molecule is C=C/C=C1\C(=O)N(c2ccc(OC)cc2)C1c1cccc(Br)c1. The maximum atomic E-state index is 12.5. The van der Waals surface area contributed by atoms with Crippen LogP contribution in [0.2, 0.25) is 0 Å². The number of carbonyl (C=O) groups excluding carboxylic acids is 1. The van der Waals surface area contributed by atoms with Crippen LogP contribution in [-0.2, 0) is 4.79 Å². The van der Waals surface area contributed by atoms with Gasteiger partial charge in [0, 0.05) is 15.7 Å². The predicted octanol–water partition coefficient (Wildman–Crippen LogP) is 4.66. The number of benzene rings is 2. The van der Waals surface area contributed by atoms with Crippen LogP contribution >= 0.6 is 15.9 Å². The summed E-state index contributed by atoms with van der Waals surface area (Å²) in [5, 5.41) is 0. The van der Waals surface area contributed by atoms with E-state index in [1.54, 1.807) is 24.2 Å². The summed E-state index contributed by atoms with van der Waals surface area (Å²) < 4.78 is 6.17. The largest absolute Gasteiger partial charge is 0.497 e. The summed E-state index contributed by atoms with van der Waals surface area (Å²) in [4.78, 5) is 14.3. The van der Waals surface area contributed by atoms with E-state index in [0.717, 1.165) is 27.0 Å². The molecule has 0 aliphatic carbocycles. The minimum absolute atomic E-state index is 0.0000392. The van der Waals surface area contributed by atoms with Crippen LogP contribution in [0.25, 0.3) is 0 Å². The number of methoxy groups -OCH3 is 1. The zero-order valence-electron chi connectivity index (χ0n) is 12.7. The minimum atomic E-state index is -0.105. The molecule has 0 aromatic heterocycles. The molecule has 0 radical (unpaired) electrons. The van der Waals surface area contributed by atoms with E-state index in [2.05, 4.69) is 22.5 Å². The Bertz CT molecular complexity index is 780. The molecule has 4 heteroatoms. The molecule has 1 amide bonds. The molecule has 3 nitrogen and oxygen atoms in total. The number of nitrogens with zero attached hydrogens (tertiary/aromatic N) is 1. The zero-order valence-corrected chi connectivity index (χ0v) is 14.3. The first-order chi connectivity index (χ1) is 11.2. The number of halogens is 1. The Hall–Kier alpha value is -2.33. The summed E-state index contributed by atoms with van der Waals surface area (Å²) in [6.07, 6.45) is 3.44. The van der Waals surface area contributed by atoms with Gasteiger partial charge in [-0.1, -0.05) is 46.8 Å². The van der Waals surface area contributed by atoms with E-state index in [1.165, 1.54) is 0 Å². The van der Waals surface area contributed by atoms with E-state index in [9.17, 15) is 4.79 Å². The van der Waals surface area contributed by atoms with Gasteiger partial charge in [-0.3, -0.25) is 9.69 Å². The first-order valence-corrected chi connectivity index (χ1v) is 8.00. The topological polar surface area (TPSA) is 29.5 Å². The molecule has 0 saturated carbocycles. The summed E-state index contributed by atoms with van der Waals surface area (Å²) in [7, 11) is 1.62. The molecule has 116 valence electrons. The molecule has 0 bridgehead atoms. The van der Waals surface area contributed by atoms with Gasteiger partial charge in [0.05, 0.1) is 13.2 Å². The zero-order chi connectivity index (χ0) is 16.4. The number of β-lactam (4-membered cyclic amide) rings is 1. The summed E-state index contributed by atoms with van der Waals surface area (Å²) in [5.41, 5.74) is 2.65. The summed E-state index contributed by atoms with van der Waals surface area (Å²) >= 11 is 3.49. The highest BCUT2D eigenvalue weighted by Crippen LogP contribution is 2.43. The molecule has 1 aliphatic rings. The number of anilines is 1. The fraction of sp³-hybridized carbons (Fsp3) is 0.105. The third-order valence-corrected chi connectivity index (χ3v) is 4.32. The molecule has 1 heterocycles. The molecule has 1 atom stereocenters. The normalized spacial score (nSPS) is 18.7. The second-order valence-corrected chi connectivity index (χ2v) is 6.10. The Balaban J connectivity index is 2.02. The molecule has 1 aliphatic heterocycles. The first kappa shape index (κ1) is 15.6. The van der Waals surface area contributed by atoms with Crippen molar-refractivity contribution in [3.8, 4) is 5.75 Å². The number of hydrogen-bond donors (Lipinski definition) is 0. The van der Waals surface area contributed by atoms with Gasteiger partial charge in [-0.05, 0) is 42.0 Å². The molecule has 2 aromatic carbocycles. The maximum absolute atomic E-state index is 12.5. The smallest absolute Gasteiger partial charge is 0.257 e. The van der Waals surface area contributed by atoms with Gasteiger partial charge < -0.3 is 4.74 Å². The van der Waals surface area contributed by atoms with Gasteiger partial charge in [-0.15, -0.1) is 0 Å². The second kappa shape index (κ2) is 6.42. The second-order valence-electron chi connectivity index (χ2n) is 5.19. The lowest BCUT2D eigenvalue weighted by Gasteiger charge is -2.43. The van der Waals surface area contributed by atoms with Crippen molar-refractivity contribution >= 4 is 27.5 Å². The lowest BCUT2D eigenvalue weighted by Crippen LogP contribution is -2.49. The molecular weight excluding hydrogens is 354 g/mol. The van der Waals surface area contributed by atoms with Crippen LogP contribution in [-0.4, -0.2) is 13.0 Å². The standard InChI is InChI=1S/C19H16BrNO2/c1-3-5-17-18(13-6-4-7-14(20)12-13)21(19(17)22)15-8-10-16(23-2)11-9-15/h3-12,18H,1H2,2H3/b17-5-. The highest BCUT2D eigenvalue weighted by atomic mass is 79.9. The maximum Gasteiger partial charge on any atom is 0.257 e. The monoisotopic (exact) mass is 369 g/mol. The lowest BCUT2D eigenvalue weighted by atomic mass is 9.87. The average molecular weight is 370 g/mol. The van der Waals surface area contributed by atoms with Crippen LogP contribution in [0.3, 0.4) is 0 Å². The van der Waals surface area contributed by atoms with Crippen molar-refractivity contribution in [2.75, 3.05) is 12.0 Å². The third-order valence-electron chi connectivity index (χ3n) is 3.83. The molecule has 1 unspecified atom stereocenters. The van der Waals surface area contributed by atoms with Gasteiger partial charge in [0.1, 0.15) is 5.75 Å². The van der Waals surface area contributed by atoms with Crippen LogP contribution in [0.5, 0.6) is 5.75 Å². The Morgan fingerprint density at radius 1 is 1.22 bits per heavy atom. The van der Waals surface area contributed by atoms with Gasteiger partial charge in [0.2, 0.25) is 0 Å². The molecule has 2 aromatic rings. The van der Waals surface area contributed by atoms with E-state index in [4.69, 9.17) is 4.74 Å². The number of allylic oxidation sites excluding steroid dienone is 2. The number of ether oxygens (including phenoxy) is 1. The van der Waals surface area contributed by atoms with E-state index < -0.39 is 0 Å². The number of hydrogen-bond acceptors (Lipinski definition) is 2. The van der Waals surface area contributed by atoms with Crippen molar-refractivity contribution in [2.24, 2.45) is 0 Å². The summed E-state index contributed by atoms with van der Waals surface area (Å²) in [6.45, 7) is 3.71. The fourth-order valence-corrected chi connectivity index (χ4v) is 3.17. The quantitative estimate of drug-likeness (QED) is 0.579. The highest BCUT2D eigenvalue weighted by Gasteiger charge is 2.43. The minimum Gasteiger partial charge on any atom is -0.497 e. The van der Waals surface area contributed by atoms with Crippen LogP contribution < -0.4 is 9.64 Å². The predicted molar refractivity (Wildman–Crippen MR) is 95.6 cm³/mol. The average Bonchev–Trinajstić information content (AvgIpc) is 2.57. The van der Waals surface area contributed by atoms with Crippen LogP contribution in [0.15, 0.2) is 77.3 Å². The Kier molecular flexibility index (Phi) is 4.35. The molecule has 3 rings (SSSR count). The van der Waals surface area contributed by atoms with Crippen molar-refractivity contribution in [3.63, 3.8) is 0 Å². The summed E-state index contributed by atoms with van der Waals surface area (Å²) in [5.74, 6) is 0.766. The van der Waals surface area contributed by atoms with Crippen molar-refractivity contribution in [1.82, 2.24) is 0 Å². The molecule has 23 heavy (non-hydrogen) atoms. The van der Waals surface area contributed by atoms with Crippen LogP contribution in [0.1, 0.15) is 11.6 Å². The van der Waals surface area contributed by atoms with Crippen molar-refractivity contribution in [2.45, 2.75) is 6.04 Å². The molecular formula is C19H16BrNO2. The van der Waals surface area contributed by atoms with Crippen molar-refractivity contribution in [1.29, 1.82) is 0 Å². The van der Waals surface area contributed by atoms with Gasteiger partial charge >= 0.3 is 0 Å². The third kappa shape index (κ3) is 2.82. The molecule has 0 N–H and O–H groups in total. The molecule has 1 saturated heterocycles. The van der Waals surface area contributed by atoms with Crippen molar-refractivity contribution in [3.05, 3.63) is 82.9 Å². The Labute approximate surface area is 144 Å². The Morgan fingerprint density at radius 2 is 1.96 bits per heavy atom. The van der Waals surface area contributed by atoms with E-state index in [0.29, 0.717) is 0 Å². The van der Waals surface area contributed by atoms with Gasteiger partial charge in [0.15, 0.2) is 0 Å². The number of carbonyl (C=O) groups is 1. The van der Waals surface area contributed by atoms with E-state index in [1.807, 2.05) is 48.5 Å². The highest BCUT2D eigenvalue weighted by molar-refractivity contribution is 9.10. The van der Waals surface area contributed by atoms with E-state index >= 15 is 0 Å². The molecule has 1 fully saturated rings. The first-order valence-electron chi connectivity index (χ1n) is 7.21. The van der Waals surface area contributed by atoms with Gasteiger partial charge in [-0.25, -0.2) is 0 Å². The van der Waals surface area contributed by atoms with Crippen LogP contribution in [0, 0.1) is 0 Å². The molecule has 0 spiro atoms. The van der Waals surface area contributed by atoms with Crippen LogP contribution in [0.4, 0.5) is 5.69 Å². The number of amides is 1. The van der Waals surface area contributed by atoms with Gasteiger partial charge in [0.25, 0.3) is 5.91 Å². The Morgan fingerprint density at radius 3 is 2.57 bits per heavy atom. The van der Waals surface area contributed by atoms with E-state index in [-0.39, 0.29) is 11.9 Å². The fourth-order valence-electron chi connectivity index (χ4n) is 2.75. The lowest BCUT2D eigenvalue weighted by molar-refractivity contribution is -0.119. The number of rotatable bonds is 4. The summed E-state index contributed by atoms with van der Waals surface area (Å²) in [6, 6.07) is 15.4. The van der Waals surface area contributed by atoms with Gasteiger partial charge in [-0.2, -0.15) is 0 Å². The van der Waals surface area contributed by atoms with Crippen molar-refractivity contribution < 1.29 is 9.53 Å².